The number of tetrazole rings is 1. The molecule has 0 aliphatic rings. The Morgan fingerprint density at radius 3 is 3.12 bits per heavy atom. The van der Waals surface area contributed by atoms with Gasteiger partial charge in [0.15, 0.2) is 0 Å². The zero-order chi connectivity index (χ0) is 12.1. The molecule has 1 aromatic carbocycles. The van der Waals surface area contributed by atoms with E-state index in [9.17, 15) is 10.1 Å². The fourth-order valence-corrected chi connectivity index (χ4v) is 1.09. The van der Waals surface area contributed by atoms with Gasteiger partial charge in [0, 0.05) is 17.7 Å². The van der Waals surface area contributed by atoms with Crippen LogP contribution in [0.1, 0.15) is 5.56 Å². The molecule has 86 valence electrons. The Hall–Kier alpha value is -2.84. The van der Waals surface area contributed by atoms with Gasteiger partial charge in [-0.3, -0.25) is 10.1 Å². The van der Waals surface area contributed by atoms with Crippen molar-refractivity contribution in [1.82, 2.24) is 20.6 Å². The average molecular weight is 233 g/mol. The molecule has 0 fully saturated rings. The average Bonchev–Trinajstić information content (AvgIpc) is 2.82. The first-order valence-electron chi connectivity index (χ1n) is 4.53. The molecule has 0 amide bonds. The molecule has 0 saturated carbocycles. The van der Waals surface area contributed by atoms with Crippen LogP contribution >= 0.6 is 0 Å². The summed E-state index contributed by atoms with van der Waals surface area (Å²) in [6.45, 7) is 0. The van der Waals surface area contributed by atoms with Crippen molar-refractivity contribution in [2.75, 3.05) is 5.43 Å². The van der Waals surface area contributed by atoms with Crippen LogP contribution in [0.3, 0.4) is 0 Å². The van der Waals surface area contributed by atoms with Crippen LogP contribution in [-0.4, -0.2) is 31.8 Å². The van der Waals surface area contributed by atoms with Crippen molar-refractivity contribution < 1.29 is 4.92 Å². The number of benzene rings is 1. The van der Waals surface area contributed by atoms with Crippen molar-refractivity contribution in [3.05, 3.63) is 39.9 Å². The largest absolute Gasteiger partial charge is 0.283 e. The molecule has 0 aliphatic heterocycles. The molecule has 1 heterocycles. The van der Waals surface area contributed by atoms with Gasteiger partial charge in [-0.05, 0) is 5.21 Å². The van der Waals surface area contributed by atoms with E-state index in [1.54, 1.807) is 12.1 Å². The number of non-ortho nitro benzene ring substituents is 1. The molecule has 0 unspecified atom stereocenters. The first-order valence-corrected chi connectivity index (χ1v) is 4.53. The highest BCUT2D eigenvalue weighted by Gasteiger charge is 2.03. The summed E-state index contributed by atoms with van der Waals surface area (Å²) in [5, 5.41) is 27.1. The number of nitrogens with one attached hydrogen (secondary N) is 2. The van der Waals surface area contributed by atoms with Gasteiger partial charge in [-0.2, -0.15) is 10.3 Å². The van der Waals surface area contributed by atoms with E-state index >= 15 is 0 Å². The molecule has 9 nitrogen and oxygen atoms in total. The topological polar surface area (TPSA) is 122 Å². The molecule has 9 heteroatoms. The predicted octanol–water partition coefficient (Wildman–Crippen LogP) is 0.554. The van der Waals surface area contributed by atoms with Crippen LogP contribution in [0.15, 0.2) is 29.4 Å². The lowest BCUT2D eigenvalue weighted by Crippen LogP contribution is -1.93. The number of nitro benzene ring substituents is 1. The van der Waals surface area contributed by atoms with Crippen LogP contribution in [0, 0.1) is 10.1 Å². The van der Waals surface area contributed by atoms with E-state index in [-0.39, 0.29) is 11.6 Å². The van der Waals surface area contributed by atoms with Gasteiger partial charge in [-0.15, -0.1) is 5.10 Å². The highest BCUT2D eigenvalue weighted by atomic mass is 16.6. The summed E-state index contributed by atoms with van der Waals surface area (Å²) in [6, 6.07) is 6.08. The summed E-state index contributed by atoms with van der Waals surface area (Å²) in [4.78, 5) is 10.1. The van der Waals surface area contributed by atoms with Crippen LogP contribution in [0.5, 0.6) is 0 Å². The number of nitrogens with zero attached hydrogens (tertiary/aromatic N) is 5. The Balaban J connectivity index is 2.05. The van der Waals surface area contributed by atoms with Crippen molar-refractivity contribution in [2.45, 2.75) is 0 Å². The number of H-pyrrole nitrogens is 1. The van der Waals surface area contributed by atoms with Crippen molar-refractivity contribution in [1.29, 1.82) is 0 Å². The summed E-state index contributed by atoms with van der Waals surface area (Å²) in [5.74, 6) is 0.215. The number of nitro groups is 1. The number of hydrazone groups is 1. The smallest absolute Gasteiger partial charge is 0.258 e. The van der Waals surface area contributed by atoms with E-state index in [4.69, 9.17) is 0 Å². The number of hydrogen-bond donors (Lipinski definition) is 2. The molecule has 17 heavy (non-hydrogen) atoms. The molecule has 0 saturated heterocycles. The van der Waals surface area contributed by atoms with Crippen LogP contribution in [-0.2, 0) is 0 Å². The van der Waals surface area contributed by atoms with Crippen LogP contribution in [0.4, 0.5) is 11.6 Å². The Labute approximate surface area is 94.7 Å². The predicted molar refractivity (Wildman–Crippen MR) is 58.5 cm³/mol. The highest BCUT2D eigenvalue weighted by Crippen LogP contribution is 2.11. The Morgan fingerprint density at radius 2 is 2.41 bits per heavy atom. The molecule has 0 aliphatic carbocycles. The summed E-state index contributed by atoms with van der Waals surface area (Å²) in [5.41, 5.74) is 3.11. The molecular formula is C8H7N7O2. The fraction of sp³-hybridized carbons (Fsp3) is 0. The number of hydrogen-bond acceptors (Lipinski definition) is 7. The fourth-order valence-electron chi connectivity index (χ4n) is 1.09. The van der Waals surface area contributed by atoms with E-state index in [0.717, 1.165) is 0 Å². The summed E-state index contributed by atoms with van der Waals surface area (Å²) >= 11 is 0. The van der Waals surface area contributed by atoms with Gasteiger partial charge in [-0.25, -0.2) is 5.43 Å². The zero-order valence-electron chi connectivity index (χ0n) is 8.44. The number of anilines is 1. The third kappa shape index (κ3) is 2.81. The minimum Gasteiger partial charge on any atom is -0.258 e. The molecule has 0 spiro atoms. The maximum atomic E-state index is 10.5. The van der Waals surface area contributed by atoms with Crippen molar-refractivity contribution in [3.63, 3.8) is 0 Å². The van der Waals surface area contributed by atoms with Gasteiger partial charge in [0.05, 0.1) is 11.1 Å². The molecule has 2 rings (SSSR count). The highest BCUT2D eigenvalue weighted by molar-refractivity contribution is 5.81. The summed E-state index contributed by atoms with van der Waals surface area (Å²) < 4.78 is 0. The second kappa shape index (κ2) is 4.79. The van der Waals surface area contributed by atoms with Gasteiger partial charge in [0.1, 0.15) is 0 Å². The van der Waals surface area contributed by atoms with Gasteiger partial charge >= 0.3 is 0 Å². The maximum absolute atomic E-state index is 10.5. The lowest BCUT2D eigenvalue weighted by Gasteiger charge is -1.94. The summed E-state index contributed by atoms with van der Waals surface area (Å²) in [7, 11) is 0. The van der Waals surface area contributed by atoms with E-state index < -0.39 is 4.92 Å². The molecule has 0 bridgehead atoms. The minimum atomic E-state index is -0.468. The van der Waals surface area contributed by atoms with Crippen molar-refractivity contribution >= 4 is 17.9 Å². The Morgan fingerprint density at radius 1 is 1.53 bits per heavy atom. The third-order valence-electron chi connectivity index (χ3n) is 1.80. The van der Waals surface area contributed by atoms with Gasteiger partial charge < -0.3 is 0 Å². The lowest BCUT2D eigenvalue weighted by atomic mass is 10.2. The van der Waals surface area contributed by atoms with E-state index in [1.165, 1.54) is 18.3 Å². The van der Waals surface area contributed by atoms with Gasteiger partial charge in [0.2, 0.25) is 0 Å². The maximum Gasteiger partial charge on any atom is 0.283 e. The van der Waals surface area contributed by atoms with Crippen molar-refractivity contribution in [3.8, 4) is 0 Å². The second-order valence-corrected chi connectivity index (χ2v) is 2.96. The Kier molecular flexibility index (Phi) is 3.01. The standard InChI is InChI=1S/C8H7N7O2/c16-15(17)7-3-1-2-6(4-7)5-9-10-8-11-13-14-12-8/h1-5H,(H2,10,11,12,13,14). The van der Waals surface area contributed by atoms with Gasteiger partial charge in [0.25, 0.3) is 11.6 Å². The second-order valence-electron chi connectivity index (χ2n) is 2.96. The van der Waals surface area contributed by atoms with Crippen LogP contribution in [0.25, 0.3) is 0 Å². The number of rotatable bonds is 4. The molecular weight excluding hydrogens is 226 g/mol. The SMILES string of the molecule is O=[N+]([O-])c1cccc(C=NNc2nn[nH]n2)c1. The quantitative estimate of drug-likeness (QED) is 0.451. The molecule has 1 aromatic heterocycles. The first kappa shape index (κ1) is 10.7. The first-order chi connectivity index (χ1) is 8.25. The minimum absolute atomic E-state index is 0.00788. The molecule has 0 radical (unpaired) electrons. The molecule has 0 atom stereocenters. The number of aromatic amines is 1. The monoisotopic (exact) mass is 233 g/mol. The normalized spacial score (nSPS) is 10.6. The Bertz CT molecular complexity index is 537. The van der Waals surface area contributed by atoms with E-state index in [0.29, 0.717) is 5.56 Å². The van der Waals surface area contributed by atoms with Gasteiger partial charge in [-0.1, -0.05) is 17.2 Å². The lowest BCUT2D eigenvalue weighted by molar-refractivity contribution is -0.384. The third-order valence-corrected chi connectivity index (χ3v) is 1.80. The molecule has 2 N–H and O–H groups in total. The summed E-state index contributed by atoms with van der Waals surface area (Å²) in [6.07, 6.45) is 1.42. The number of aromatic nitrogens is 4. The van der Waals surface area contributed by atoms with Crippen LogP contribution < -0.4 is 5.43 Å². The van der Waals surface area contributed by atoms with E-state index in [1.807, 2.05) is 0 Å². The zero-order valence-corrected chi connectivity index (χ0v) is 8.44. The van der Waals surface area contributed by atoms with E-state index in [2.05, 4.69) is 31.2 Å². The van der Waals surface area contributed by atoms with Crippen molar-refractivity contribution in [2.24, 2.45) is 5.10 Å². The van der Waals surface area contributed by atoms with Crippen LogP contribution in [0.2, 0.25) is 0 Å². The molecule has 2 aromatic rings.